The van der Waals surface area contributed by atoms with Gasteiger partial charge in [-0.2, -0.15) is 0 Å². The molecule has 102 valence electrons. The van der Waals surface area contributed by atoms with Crippen molar-refractivity contribution < 1.29 is 4.74 Å². The quantitative estimate of drug-likeness (QED) is 0.869. The van der Waals surface area contributed by atoms with E-state index in [2.05, 4.69) is 28.5 Å². The largest absolute Gasteiger partial charge is 0.377 e. The number of hydrogen-bond acceptors (Lipinski definition) is 4. The monoisotopic (exact) mass is 276 g/mol. The Hall–Kier alpha value is -1.23. The molecular weight excluding hydrogens is 256 g/mol. The van der Waals surface area contributed by atoms with Crippen molar-refractivity contribution in [1.29, 1.82) is 0 Å². The molecule has 3 rings (SSSR count). The molecule has 1 aliphatic heterocycles. The van der Waals surface area contributed by atoms with Crippen molar-refractivity contribution in [3.05, 3.63) is 41.0 Å². The number of thiazole rings is 1. The summed E-state index contributed by atoms with van der Waals surface area (Å²) in [5.41, 5.74) is 6.01. The van der Waals surface area contributed by atoms with E-state index in [0.717, 1.165) is 26.1 Å². The maximum absolute atomic E-state index is 5.58. The van der Waals surface area contributed by atoms with Gasteiger partial charge in [0.15, 0.2) is 0 Å². The molecule has 1 aliphatic rings. The Bertz CT molecular complexity index is 497. The Kier molecular flexibility index (Phi) is 5.51. The summed E-state index contributed by atoms with van der Waals surface area (Å²) in [7, 11) is 3.75. The normalized spacial score (nSPS) is 14.0. The molecule has 0 unspecified atom stereocenters. The molecule has 1 aromatic carbocycles. The van der Waals surface area contributed by atoms with Gasteiger partial charge < -0.3 is 10.1 Å². The van der Waals surface area contributed by atoms with E-state index < -0.39 is 0 Å². The van der Waals surface area contributed by atoms with Crippen LogP contribution in [0, 0.1) is 0 Å². The highest BCUT2D eigenvalue weighted by Crippen LogP contribution is 2.31. The lowest BCUT2D eigenvalue weighted by atomic mass is 9.97. The van der Waals surface area contributed by atoms with Crippen LogP contribution in [0.5, 0.6) is 0 Å². The molecule has 0 fully saturated rings. The van der Waals surface area contributed by atoms with Crippen molar-refractivity contribution in [3.8, 4) is 10.4 Å². The molecule has 1 aromatic heterocycles. The van der Waals surface area contributed by atoms with Gasteiger partial charge in [-0.3, -0.25) is 4.98 Å². The van der Waals surface area contributed by atoms with Gasteiger partial charge in [-0.15, -0.1) is 11.3 Å². The van der Waals surface area contributed by atoms with Crippen LogP contribution < -0.4 is 5.32 Å². The van der Waals surface area contributed by atoms with Crippen LogP contribution in [-0.2, 0) is 17.8 Å². The number of aromatic nitrogens is 1. The fourth-order valence-electron chi connectivity index (χ4n) is 2.18. The molecule has 4 heteroatoms. The summed E-state index contributed by atoms with van der Waals surface area (Å²) in [5, 5.41) is 2.75. The molecule has 0 bridgehead atoms. The smallest absolute Gasteiger partial charge is 0.0797 e. The summed E-state index contributed by atoms with van der Waals surface area (Å²) in [6, 6.07) is 6.48. The third kappa shape index (κ3) is 3.62. The molecule has 0 aliphatic carbocycles. The fraction of sp³-hybridized carbons (Fsp3) is 0.400. The van der Waals surface area contributed by atoms with E-state index in [1.54, 1.807) is 11.3 Å². The zero-order valence-electron chi connectivity index (χ0n) is 11.5. The summed E-state index contributed by atoms with van der Waals surface area (Å²) in [6.07, 6.45) is 4.18. The second-order valence-corrected chi connectivity index (χ2v) is 5.35. The molecule has 1 N–H and O–H groups in total. The van der Waals surface area contributed by atoms with Gasteiger partial charge >= 0.3 is 0 Å². The van der Waals surface area contributed by atoms with Crippen LogP contribution in [0.4, 0.5) is 0 Å². The van der Waals surface area contributed by atoms with E-state index in [1.807, 2.05) is 25.8 Å². The van der Waals surface area contributed by atoms with Gasteiger partial charge in [-0.1, -0.05) is 18.2 Å². The molecule has 0 saturated heterocycles. The minimum atomic E-state index is 0.752. The minimum absolute atomic E-state index is 0.752. The van der Waals surface area contributed by atoms with Crippen LogP contribution in [0.2, 0.25) is 0 Å². The van der Waals surface area contributed by atoms with Crippen LogP contribution in [0.15, 0.2) is 29.9 Å². The van der Waals surface area contributed by atoms with Crippen molar-refractivity contribution in [2.24, 2.45) is 0 Å². The molecule has 0 atom stereocenters. The van der Waals surface area contributed by atoms with Crippen LogP contribution in [0.1, 0.15) is 17.5 Å². The fourth-order valence-corrected chi connectivity index (χ4v) is 2.85. The number of hydrogen-bond donors (Lipinski definition) is 1. The standard InChI is InChI=1S/C13H13NOS.C2H7N/c1-3-10-8-15-6-2-5-11(10)12(4-1)13-7-14-9-16-13;1-3-2/h1,3-4,7,9H,2,5-6,8H2;3H,1-2H3. The predicted molar refractivity (Wildman–Crippen MR) is 80.5 cm³/mol. The van der Waals surface area contributed by atoms with Crippen molar-refractivity contribution in [2.75, 3.05) is 20.7 Å². The van der Waals surface area contributed by atoms with Gasteiger partial charge in [0, 0.05) is 12.8 Å². The molecule has 19 heavy (non-hydrogen) atoms. The average Bonchev–Trinajstić information content (AvgIpc) is 2.84. The third-order valence-corrected chi connectivity index (χ3v) is 3.75. The number of fused-ring (bicyclic) bond motifs is 1. The van der Waals surface area contributed by atoms with E-state index in [9.17, 15) is 0 Å². The van der Waals surface area contributed by atoms with Gasteiger partial charge in [0.2, 0.25) is 0 Å². The molecule has 0 amide bonds. The Balaban J connectivity index is 0.000000408. The second-order valence-electron chi connectivity index (χ2n) is 4.47. The first kappa shape index (κ1) is 14.2. The summed E-state index contributed by atoms with van der Waals surface area (Å²) >= 11 is 1.70. The van der Waals surface area contributed by atoms with E-state index in [-0.39, 0.29) is 0 Å². The molecule has 0 saturated carbocycles. The van der Waals surface area contributed by atoms with Crippen molar-refractivity contribution in [2.45, 2.75) is 19.4 Å². The maximum atomic E-state index is 5.58. The van der Waals surface area contributed by atoms with Gasteiger partial charge in [-0.25, -0.2) is 0 Å². The number of nitrogens with one attached hydrogen (secondary N) is 1. The van der Waals surface area contributed by atoms with Crippen molar-refractivity contribution in [3.63, 3.8) is 0 Å². The number of benzene rings is 1. The van der Waals surface area contributed by atoms with Gasteiger partial charge in [0.25, 0.3) is 0 Å². The molecule has 2 aromatic rings. The Labute approximate surface area is 118 Å². The predicted octanol–water partition coefficient (Wildman–Crippen LogP) is 3.11. The summed E-state index contributed by atoms with van der Waals surface area (Å²) < 4.78 is 5.58. The van der Waals surface area contributed by atoms with Crippen molar-refractivity contribution in [1.82, 2.24) is 10.3 Å². The van der Waals surface area contributed by atoms with E-state index in [1.165, 1.54) is 21.6 Å². The minimum Gasteiger partial charge on any atom is -0.377 e. The lowest BCUT2D eigenvalue weighted by Gasteiger charge is -2.09. The van der Waals surface area contributed by atoms with Gasteiger partial charge in [0.05, 0.1) is 17.0 Å². The van der Waals surface area contributed by atoms with E-state index >= 15 is 0 Å². The molecular formula is C15H20N2OS. The number of nitrogens with zero attached hydrogens (tertiary/aromatic N) is 1. The first-order valence-electron chi connectivity index (χ1n) is 6.52. The average molecular weight is 276 g/mol. The number of ether oxygens (including phenoxy) is 1. The Morgan fingerprint density at radius 2 is 2.16 bits per heavy atom. The van der Waals surface area contributed by atoms with Gasteiger partial charge in [0.1, 0.15) is 0 Å². The van der Waals surface area contributed by atoms with Crippen LogP contribution in [-0.4, -0.2) is 25.7 Å². The second kappa shape index (κ2) is 7.38. The molecule has 0 spiro atoms. The first-order valence-corrected chi connectivity index (χ1v) is 7.40. The van der Waals surface area contributed by atoms with E-state index in [4.69, 9.17) is 4.74 Å². The van der Waals surface area contributed by atoms with Gasteiger partial charge in [-0.05, 0) is 43.6 Å². The highest BCUT2D eigenvalue weighted by molar-refractivity contribution is 7.13. The zero-order chi connectivity index (χ0) is 13.5. The highest BCUT2D eigenvalue weighted by atomic mass is 32.1. The summed E-state index contributed by atoms with van der Waals surface area (Å²) in [6.45, 7) is 1.62. The zero-order valence-corrected chi connectivity index (χ0v) is 12.3. The molecule has 2 heterocycles. The first-order chi connectivity index (χ1) is 9.36. The molecule has 0 radical (unpaired) electrons. The van der Waals surface area contributed by atoms with Crippen LogP contribution in [0.3, 0.4) is 0 Å². The van der Waals surface area contributed by atoms with E-state index in [0.29, 0.717) is 0 Å². The summed E-state index contributed by atoms with van der Waals surface area (Å²) in [4.78, 5) is 5.42. The lowest BCUT2D eigenvalue weighted by Crippen LogP contribution is -1.94. The number of rotatable bonds is 1. The lowest BCUT2D eigenvalue weighted by molar-refractivity contribution is 0.125. The van der Waals surface area contributed by atoms with Crippen LogP contribution in [0.25, 0.3) is 10.4 Å². The van der Waals surface area contributed by atoms with Crippen LogP contribution >= 0.6 is 11.3 Å². The highest BCUT2D eigenvalue weighted by Gasteiger charge is 2.13. The maximum Gasteiger partial charge on any atom is 0.0797 e. The Morgan fingerprint density at radius 3 is 2.89 bits per heavy atom. The van der Waals surface area contributed by atoms with Crippen molar-refractivity contribution >= 4 is 11.3 Å². The third-order valence-electron chi connectivity index (χ3n) is 2.94. The Morgan fingerprint density at radius 1 is 1.32 bits per heavy atom. The topological polar surface area (TPSA) is 34.2 Å². The SMILES string of the molecule is CNC.c1cc2c(c(-c3cncs3)c1)CCCOC2. The summed E-state index contributed by atoms with van der Waals surface area (Å²) in [5.74, 6) is 0. The molecule has 3 nitrogen and oxygen atoms in total.